The monoisotopic (exact) mass is 429 g/mol. The molecule has 2 aromatic rings. The zero-order valence-electron chi connectivity index (χ0n) is 17.8. The summed E-state index contributed by atoms with van der Waals surface area (Å²) >= 11 is 0. The van der Waals surface area contributed by atoms with Crippen molar-refractivity contribution in [3.63, 3.8) is 0 Å². The number of benzene rings is 2. The molecule has 0 unspecified atom stereocenters. The third-order valence-electron chi connectivity index (χ3n) is 5.49. The summed E-state index contributed by atoms with van der Waals surface area (Å²) in [4.78, 5) is 27.5. The van der Waals surface area contributed by atoms with E-state index in [4.69, 9.17) is 4.74 Å². The summed E-state index contributed by atoms with van der Waals surface area (Å²) in [5.74, 6) is 0.0120. The molecule has 0 radical (unpaired) electrons. The highest BCUT2D eigenvalue weighted by Crippen LogP contribution is 2.27. The average Bonchev–Trinajstić information content (AvgIpc) is 2.76. The van der Waals surface area contributed by atoms with Crippen molar-refractivity contribution in [3.8, 4) is 5.75 Å². The van der Waals surface area contributed by atoms with Crippen LogP contribution in [-0.2, 0) is 0 Å². The molecule has 8 heteroatoms. The van der Waals surface area contributed by atoms with Crippen LogP contribution in [-0.4, -0.2) is 66.4 Å². The lowest BCUT2D eigenvalue weighted by Crippen LogP contribution is -2.47. The van der Waals surface area contributed by atoms with Gasteiger partial charge in [-0.05, 0) is 55.8 Å². The van der Waals surface area contributed by atoms with Gasteiger partial charge in [-0.2, -0.15) is 0 Å². The summed E-state index contributed by atoms with van der Waals surface area (Å²) in [6.07, 6.45) is 1.23. The van der Waals surface area contributed by atoms with E-state index in [9.17, 15) is 19.3 Å². The molecule has 1 saturated heterocycles. The first-order valence-corrected chi connectivity index (χ1v) is 10.5. The van der Waals surface area contributed by atoms with Crippen LogP contribution < -0.4 is 4.74 Å². The lowest BCUT2D eigenvalue weighted by atomic mass is 10.1. The second-order valence-electron chi connectivity index (χ2n) is 7.79. The van der Waals surface area contributed by atoms with E-state index in [2.05, 4.69) is 9.80 Å². The first-order chi connectivity index (χ1) is 14.9. The highest BCUT2D eigenvalue weighted by Gasteiger charge is 2.19. The van der Waals surface area contributed by atoms with Gasteiger partial charge < -0.3 is 9.64 Å². The number of Topliss-reactive ketones (excluding diaryl/α,β-unsaturated/α-hetero) is 1. The molecule has 1 aliphatic rings. The van der Waals surface area contributed by atoms with Crippen LogP contribution in [0.15, 0.2) is 42.5 Å². The molecule has 7 nitrogen and oxygen atoms in total. The third-order valence-corrected chi connectivity index (χ3v) is 5.49. The van der Waals surface area contributed by atoms with Gasteiger partial charge in [0.1, 0.15) is 12.4 Å². The summed E-state index contributed by atoms with van der Waals surface area (Å²) in [5, 5.41) is 11.2. The summed E-state index contributed by atoms with van der Waals surface area (Å²) in [6.45, 7) is 7.39. The number of carbonyl (C=O) groups excluding carboxylic acids is 1. The molecule has 0 aliphatic carbocycles. The molecular formula is C23H28FN3O4. The predicted molar refractivity (Wildman–Crippen MR) is 116 cm³/mol. The van der Waals surface area contributed by atoms with Crippen LogP contribution in [0.1, 0.15) is 28.8 Å². The Morgan fingerprint density at radius 3 is 2.35 bits per heavy atom. The van der Waals surface area contributed by atoms with Crippen LogP contribution in [0.25, 0.3) is 0 Å². The van der Waals surface area contributed by atoms with Gasteiger partial charge >= 0.3 is 5.69 Å². The molecule has 1 fully saturated rings. The zero-order chi connectivity index (χ0) is 22.2. The number of hydrogen-bond acceptors (Lipinski definition) is 6. The Labute approximate surface area is 181 Å². The SMILES string of the molecule is Cc1ccc(OCCN2CCN(CCCC(=O)c3ccc(F)cc3)CC2)c([N+](=O)[O-])c1. The number of nitro groups is 1. The topological polar surface area (TPSA) is 75.9 Å². The number of hydrogen-bond donors (Lipinski definition) is 0. The maximum Gasteiger partial charge on any atom is 0.311 e. The molecule has 2 aromatic carbocycles. The number of rotatable bonds is 10. The predicted octanol–water partition coefficient (Wildman–Crippen LogP) is 3.70. The van der Waals surface area contributed by atoms with Gasteiger partial charge in [-0.1, -0.05) is 6.07 Å². The van der Waals surface area contributed by atoms with E-state index in [1.54, 1.807) is 6.07 Å². The Morgan fingerprint density at radius 1 is 1.06 bits per heavy atom. The summed E-state index contributed by atoms with van der Waals surface area (Å²) in [5.41, 5.74) is 1.38. The third kappa shape index (κ3) is 6.83. The molecule has 0 aromatic heterocycles. The van der Waals surface area contributed by atoms with Crippen LogP contribution in [0.4, 0.5) is 10.1 Å². The van der Waals surface area contributed by atoms with E-state index < -0.39 is 4.92 Å². The van der Waals surface area contributed by atoms with E-state index >= 15 is 0 Å². The van der Waals surface area contributed by atoms with Crippen molar-refractivity contribution in [1.29, 1.82) is 0 Å². The summed E-state index contributed by atoms with van der Waals surface area (Å²) in [7, 11) is 0. The van der Waals surface area contributed by atoms with Gasteiger partial charge in [0.25, 0.3) is 0 Å². The van der Waals surface area contributed by atoms with Gasteiger partial charge in [-0.25, -0.2) is 4.39 Å². The molecule has 31 heavy (non-hydrogen) atoms. The van der Waals surface area contributed by atoms with Crippen molar-refractivity contribution >= 4 is 11.5 Å². The Balaban J connectivity index is 1.33. The molecule has 0 saturated carbocycles. The van der Waals surface area contributed by atoms with Gasteiger partial charge in [0.2, 0.25) is 0 Å². The van der Waals surface area contributed by atoms with Gasteiger partial charge in [0.05, 0.1) is 4.92 Å². The fourth-order valence-electron chi connectivity index (χ4n) is 3.66. The van der Waals surface area contributed by atoms with Crippen molar-refractivity contribution in [2.75, 3.05) is 45.9 Å². The van der Waals surface area contributed by atoms with Gasteiger partial charge in [0.15, 0.2) is 11.5 Å². The zero-order valence-corrected chi connectivity index (χ0v) is 17.8. The van der Waals surface area contributed by atoms with E-state index in [1.165, 1.54) is 30.3 Å². The first-order valence-electron chi connectivity index (χ1n) is 10.5. The van der Waals surface area contributed by atoms with Crippen LogP contribution >= 0.6 is 0 Å². The highest BCUT2D eigenvalue weighted by molar-refractivity contribution is 5.95. The van der Waals surface area contributed by atoms with Crippen molar-refractivity contribution < 1.29 is 18.8 Å². The Bertz CT molecular complexity index is 896. The van der Waals surface area contributed by atoms with E-state index in [1.807, 2.05) is 13.0 Å². The number of carbonyl (C=O) groups is 1. The molecule has 0 amide bonds. The van der Waals surface area contributed by atoms with Crippen LogP contribution in [0.2, 0.25) is 0 Å². The first kappa shape index (κ1) is 22.8. The Hall–Kier alpha value is -2.84. The fraction of sp³-hybridized carbons (Fsp3) is 0.435. The number of ketones is 1. The van der Waals surface area contributed by atoms with Crippen molar-refractivity contribution in [2.24, 2.45) is 0 Å². The molecule has 0 N–H and O–H groups in total. The maximum absolute atomic E-state index is 12.9. The van der Waals surface area contributed by atoms with Gasteiger partial charge in [-0.3, -0.25) is 19.8 Å². The second-order valence-corrected chi connectivity index (χ2v) is 7.79. The second kappa shape index (κ2) is 11.0. The van der Waals surface area contributed by atoms with E-state index in [0.717, 1.165) is 44.7 Å². The summed E-state index contributed by atoms with van der Waals surface area (Å²) < 4.78 is 18.6. The Kier molecular flexibility index (Phi) is 8.08. The number of halogens is 1. The lowest BCUT2D eigenvalue weighted by Gasteiger charge is -2.34. The molecule has 0 bridgehead atoms. The molecule has 0 spiro atoms. The molecule has 1 heterocycles. The standard InChI is InChI=1S/C23H28FN3O4/c1-18-4-9-23(21(17-18)27(29)30)31-16-15-26-13-11-25(12-14-26)10-2-3-22(28)19-5-7-20(24)8-6-19/h4-9,17H,2-3,10-16H2,1H3. The molecular weight excluding hydrogens is 401 g/mol. The number of nitro benzene ring substituents is 1. The minimum absolute atomic E-state index is 0.00000346. The lowest BCUT2D eigenvalue weighted by molar-refractivity contribution is -0.385. The number of nitrogens with zero attached hydrogens (tertiary/aromatic N) is 3. The van der Waals surface area contributed by atoms with E-state index in [-0.39, 0.29) is 17.3 Å². The number of ether oxygens (including phenoxy) is 1. The van der Waals surface area contributed by atoms with Gasteiger partial charge in [0, 0.05) is 50.8 Å². The minimum atomic E-state index is -0.415. The number of piperazine rings is 1. The van der Waals surface area contributed by atoms with Crippen LogP contribution in [0, 0.1) is 22.9 Å². The van der Waals surface area contributed by atoms with Crippen molar-refractivity contribution in [2.45, 2.75) is 19.8 Å². The highest BCUT2D eigenvalue weighted by atomic mass is 19.1. The normalized spacial score (nSPS) is 15.0. The smallest absolute Gasteiger partial charge is 0.311 e. The number of aryl methyl sites for hydroxylation is 1. The van der Waals surface area contributed by atoms with E-state index in [0.29, 0.717) is 30.9 Å². The van der Waals surface area contributed by atoms with Crippen molar-refractivity contribution in [1.82, 2.24) is 9.80 Å². The Morgan fingerprint density at radius 2 is 1.71 bits per heavy atom. The molecule has 166 valence electrons. The quantitative estimate of drug-likeness (QED) is 0.326. The minimum Gasteiger partial charge on any atom is -0.485 e. The fourth-order valence-corrected chi connectivity index (χ4v) is 3.66. The molecule has 1 aliphatic heterocycles. The van der Waals surface area contributed by atoms with Crippen LogP contribution in [0.3, 0.4) is 0 Å². The van der Waals surface area contributed by atoms with Crippen LogP contribution in [0.5, 0.6) is 5.75 Å². The summed E-state index contributed by atoms with van der Waals surface area (Å²) in [6, 6.07) is 10.7. The molecule has 3 rings (SSSR count). The molecule has 0 atom stereocenters. The van der Waals surface area contributed by atoms with Crippen molar-refractivity contribution in [3.05, 3.63) is 69.5 Å². The maximum atomic E-state index is 12.9. The largest absolute Gasteiger partial charge is 0.485 e. The average molecular weight is 429 g/mol. The van der Waals surface area contributed by atoms with Gasteiger partial charge in [-0.15, -0.1) is 0 Å².